The largest absolute Gasteiger partial charge is 0.398 e. The van der Waals surface area contributed by atoms with Crippen LogP contribution in [0.5, 0.6) is 0 Å². The van der Waals surface area contributed by atoms with Crippen LogP contribution >= 0.6 is 0 Å². The molecule has 0 atom stereocenters. The van der Waals surface area contributed by atoms with Gasteiger partial charge in [-0.2, -0.15) is 0 Å². The van der Waals surface area contributed by atoms with Crippen LogP contribution in [0, 0.1) is 0 Å². The van der Waals surface area contributed by atoms with E-state index in [9.17, 15) is 0 Å². The molecule has 0 bridgehead atoms. The maximum absolute atomic E-state index is 5.69. The summed E-state index contributed by atoms with van der Waals surface area (Å²) < 4.78 is 0. The van der Waals surface area contributed by atoms with E-state index >= 15 is 0 Å². The van der Waals surface area contributed by atoms with E-state index in [4.69, 9.17) is 5.73 Å². The quantitative estimate of drug-likeness (QED) is 0.502. The van der Waals surface area contributed by atoms with E-state index in [0.717, 1.165) is 16.8 Å². The number of nitrogen functional groups attached to an aromatic ring is 1. The van der Waals surface area contributed by atoms with Gasteiger partial charge in [0.2, 0.25) is 0 Å². The maximum Gasteiger partial charge on any atom is 0.0393 e. The Morgan fingerprint density at radius 2 is 2.00 bits per heavy atom. The second-order valence-corrected chi connectivity index (χ2v) is 2.32. The van der Waals surface area contributed by atoms with Crippen molar-refractivity contribution < 1.29 is 0 Å². The van der Waals surface area contributed by atoms with Gasteiger partial charge in [-0.15, -0.1) is 0 Å². The lowest BCUT2D eigenvalue weighted by atomic mass is 10.1. The fourth-order valence-electron chi connectivity index (χ4n) is 0.899. The predicted octanol–water partition coefficient (Wildman–Crippen LogP) is 2.47. The SMILES string of the molecule is C=CC(=C)c1ccccc1N. The van der Waals surface area contributed by atoms with Crippen molar-refractivity contribution in [3.05, 3.63) is 49.1 Å². The number of nitrogens with two attached hydrogens (primary N) is 1. The third kappa shape index (κ3) is 1.49. The van der Waals surface area contributed by atoms with E-state index in [0.29, 0.717) is 0 Å². The molecule has 0 saturated heterocycles. The van der Waals surface area contributed by atoms with E-state index in [1.54, 1.807) is 6.08 Å². The maximum atomic E-state index is 5.69. The van der Waals surface area contributed by atoms with E-state index in [1.165, 1.54) is 0 Å². The van der Waals surface area contributed by atoms with E-state index in [1.807, 2.05) is 24.3 Å². The molecule has 1 aromatic carbocycles. The van der Waals surface area contributed by atoms with E-state index < -0.39 is 0 Å². The van der Waals surface area contributed by atoms with Crippen molar-refractivity contribution in [1.29, 1.82) is 0 Å². The molecule has 0 aromatic heterocycles. The molecule has 0 amide bonds. The van der Waals surface area contributed by atoms with Crippen LogP contribution in [0.4, 0.5) is 5.69 Å². The lowest BCUT2D eigenvalue weighted by molar-refractivity contribution is 1.62. The lowest BCUT2D eigenvalue weighted by Crippen LogP contribution is -1.90. The summed E-state index contributed by atoms with van der Waals surface area (Å²) in [6.07, 6.45) is 1.70. The van der Waals surface area contributed by atoms with Crippen molar-refractivity contribution in [2.75, 3.05) is 5.73 Å². The zero-order valence-corrected chi connectivity index (χ0v) is 6.38. The predicted molar refractivity (Wildman–Crippen MR) is 50.1 cm³/mol. The van der Waals surface area contributed by atoms with Crippen molar-refractivity contribution in [1.82, 2.24) is 0 Å². The Kier molecular flexibility index (Phi) is 2.12. The summed E-state index contributed by atoms with van der Waals surface area (Å²) in [5, 5.41) is 0. The number of para-hydroxylation sites is 1. The molecule has 0 heterocycles. The van der Waals surface area contributed by atoms with Crippen molar-refractivity contribution in [2.24, 2.45) is 0 Å². The summed E-state index contributed by atoms with van der Waals surface area (Å²) in [6, 6.07) is 7.61. The van der Waals surface area contributed by atoms with Crippen LogP contribution in [0.25, 0.3) is 5.57 Å². The Hall–Kier alpha value is -1.50. The van der Waals surface area contributed by atoms with Gasteiger partial charge in [0, 0.05) is 11.3 Å². The van der Waals surface area contributed by atoms with E-state index in [-0.39, 0.29) is 0 Å². The first-order valence-electron chi connectivity index (χ1n) is 3.42. The van der Waals surface area contributed by atoms with Gasteiger partial charge in [-0.1, -0.05) is 37.4 Å². The molecule has 0 saturated carbocycles. The topological polar surface area (TPSA) is 26.0 Å². The number of allylic oxidation sites excluding steroid dienone is 2. The third-order valence-corrected chi connectivity index (χ3v) is 1.55. The summed E-state index contributed by atoms with van der Waals surface area (Å²) in [5.41, 5.74) is 8.26. The molecule has 0 unspecified atom stereocenters. The number of hydrogen-bond donors (Lipinski definition) is 1. The summed E-state index contributed by atoms with van der Waals surface area (Å²) >= 11 is 0. The van der Waals surface area contributed by atoms with Crippen LogP contribution in [0.1, 0.15) is 5.56 Å². The average molecular weight is 145 g/mol. The van der Waals surface area contributed by atoms with Gasteiger partial charge in [0.1, 0.15) is 0 Å². The first kappa shape index (κ1) is 7.61. The van der Waals surface area contributed by atoms with Gasteiger partial charge in [-0.3, -0.25) is 0 Å². The number of benzene rings is 1. The van der Waals surface area contributed by atoms with Gasteiger partial charge in [0.05, 0.1) is 0 Å². The number of rotatable bonds is 2. The van der Waals surface area contributed by atoms with Crippen LogP contribution in [-0.2, 0) is 0 Å². The highest BCUT2D eigenvalue weighted by Gasteiger charge is 1.96. The Morgan fingerprint density at radius 3 is 2.55 bits per heavy atom. The molecule has 1 rings (SSSR count). The van der Waals surface area contributed by atoms with Gasteiger partial charge in [0.25, 0.3) is 0 Å². The Labute approximate surface area is 66.9 Å². The van der Waals surface area contributed by atoms with Gasteiger partial charge in [0.15, 0.2) is 0 Å². The average Bonchev–Trinajstić information content (AvgIpc) is 2.04. The summed E-state index contributed by atoms with van der Waals surface area (Å²) in [5.74, 6) is 0. The minimum absolute atomic E-state index is 0.748. The smallest absolute Gasteiger partial charge is 0.0393 e. The summed E-state index contributed by atoms with van der Waals surface area (Å²) in [6.45, 7) is 7.43. The molecule has 0 aliphatic rings. The molecule has 11 heavy (non-hydrogen) atoms. The standard InChI is InChI=1S/C10H11N/c1-3-8(2)9-6-4-5-7-10(9)11/h3-7H,1-2,11H2. The molecule has 0 fully saturated rings. The van der Waals surface area contributed by atoms with Gasteiger partial charge < -0.3 is 5.73 Å². The molecule has 1 aromatic rings. The molecule has 1 nitrogen and oxygen atoms in total. The third-order valence-electron chi connectivity index (χ3n) is 1.55. The lowest BCUT2D eigenvalue weighted by Gasteiger charge is -2.02. The molecular formula is C10H11N. The second-order valence-electron chi connectivity index (χ2n) is 2.32. The van der Waals surface area contributed by atoms with Gasteiger partial charge in [-0.05, 0) is 11.6 Å². The summed E-state index contributed by atoms with van der Waals surface area (Å²) in [4.78, 5) is 0. The number of anilines is 1. The fraction of sp³-hybridized carbons (Fsp3) is 0. The van der Waals surface area contributed by atoms with Crippen LogP contribution in [0.2, 0.25) is 0 Å². The van der Waals surface area contributed by atoms with Crippen LogP contribution < -0.4 is 5.73 Å². The Morgan fingerprint density at radius 1 is 1.36 bits per heavy atom. The molecule has 2 N–H and O–H groups in total. The van der Waals surface area contributed by atoms with E-state index in [2.05, 4.69) is 13.2 Å². The normalized spacial score (nSPS) is 9.09. The van der Waals surface area contributed by atoms with Crippen LogP contribution in [0.15, 0.2) is 43.5 Å². The molecular weight excluding hydrogens is 134 g/mol. The minimum Gasteiger partial charge on any atom is -0.398 e. The second kappa shape index (κ2) is 3.06. The molecule has 56 valence electrons. The molecule has 0 aliphatic carbocycles. The van der Waals surface area contributed by atoms with Crippen LogP contribution in [0.3, 0.4) is 0 Å². The zero-order valence-electron chi connectivity index (χ0n) is 6.38. The minimum atomic E-state index is 0.748. The molecule has 0 radical (unpaired) electrons. The summed E-state index contributed by atoms with van der Waals surface area (Å²) in [7, 11) is 0. The fourth-order valence-corrected chi connectivity index (χ4v) is 0.899. The van der Waals surface area contributed by atoms with Gasteiger partial charge in [-0.25, -0.2) is 0 Å². The van der Waals surface area contributed by atoms with Crippen molar-refractivity contribution in [3.63, 3.8) is 0 Å². The Balaban J connectivity index is 3.13. The zero-order chi connectivity index (χ0) is 8.27. The van der Waals surface area contributed by atoms with Crippen molar-refractivity contribution >= 4 is 11.3 Å². The molecule has 1 heteroatoms. The molecule has 0 aliphatic heterocycles. The van der Waals surface area contributed by atoms with Crippen LogP contribution in [-0.4, -0.2) is 0 Å². The highest BCUT2D eigenvalue weighted by Crippen LogP contribution is 2.19. The number of hydrogen-bond acceptors (Lipinski definition) is 1. The first-order valence-corrected chi connectivity index (χ1v) is 3.42. The highest BCUT2D eigenvalue weighted by atomic mass is 14.6. The Bertz CT molecular complexity index is 287. The van der Waals surface area contributed by atoms with Crippen molar-refractivity contribution in [2.45, 2.75) is 0 Å². The highest BCUT2D eigenvalue weighted by molar-refractivity contribution is 5.79. The van der Waals surface area contributed by atoms with Crippen molar-refractivity contribution in [3.8, 4) is 0 Å². The monoisotopic (exact) mass is 145 g/mol. The molecule has 0 spiro atoms. The van der Waals surface area contributed by atoms with Gasteiger partial charge >= 0.3 is 0 Å². The first-order chi connectivity index (χ1) is 5.25.